The van der Waals surface area contributed by atoms with Gasteiger partial charge in [0.2, 0.25) is 5.78 Å². The third kappa shape index (κ3) is 3.45. The lowest BCUT2D eigenvalue weighted by molar-refractivity contribution is -0.00455. The number of benzene rings is 3. The van der Waals surface area contributed by atoms with Crippen molar-refractivity contribution >= 4 is 46.3 Å². The Morgan fingerprint density at radius 2 is 1.53 bits per heavy atom. The Labute approximate surface area is 188 Å². The molecule has 3 aromatic carbocycles. The first kappa shape index (κ1) is 19.4. The van der Waals surface area contributed by atoms with E-state index in [1.807, 2.05) is 30.3 Å². The minimum atomic E-state index is -0.880. The Hall–Kier alpha value is -2.53. The average molecular weight is 458 g/mol. The van der Waals surface area contributed by atoms with E-state index in [1.165, 1.54) is 0 Å². The normalized spacial score (nSPS) is 19.6. The zero-order chi connectivity index (χ0) is 20.8. The SMILES string of the molecule is O=C(c1ccc(Cl)cc1)[C@@H]1Oc2ccc(Cl)cc2[C@H]2CC(c3ccc(Cl)cc3)=NN21. The Kier molecular flexibility index (Phi) is 4.94. The number of hydrazone groups is 1. The van der Waals surface area contributed by atoms with E-state index in [1.54, 1.807) is 41.4 Å². The van der Waals surface area contributed by atoms with E-state index < -0.39 is 6.23 Å². The fourth-order valence-electron chi connectivity index (χ4n) is 3.80. The number of carbonyl (C=O) groups is 1. The van der Waals surface area contributed by atoms with Gasteiger partial charge in [-0.2, -0.15) is 5.10 Å². The van der Waals surface area contributed by atoms with Gasteiger partial charge in [-0.1, -0.05) is 46.9 Å². The minimum Gasteiger partial charge on any atom is -0.461 e. The van der Waals surface area contributed by atoms with E-state index in [4.69, 9.17) is 44.6 Å². The number of carbonyl (C=O) groups excluding carboxylic acids is 1. The summed E-state index contributed by atoms with van der Waals surface area (Å²) < 4.78 is 6.11. The summed E-state index contributed by atoms with van der Waals surface area (Å²) in [5.41, 5.74) is 3.24. The molecule has 0 saturated carbocycles. The maximum Gasteiger partial charge on any atom is 0.251 e. The van der Waals surface area contributed by atoms with Crippen LogP contribution in [0.15, 0.2) is 71.8 Å². The molecule has 2 atom stereocenters. The Balaban J connectivity index is 1.57. The minimum absolute atomic E-state index is 0.153. The van der Waals surface area contributed by atoms with Gasteiger partial charge in [-0.05, 0) is 60.2 Å². The molecule has 150 valence electrons. The molecule has 7 heteroatoms. The zero-order valence-electron chi connectivity index (χ0n) is 15.6. The highest BCUT2D eigenvalue weighted by atomic mass is 35.5. The van der Waals surface area contributed by atoms with Gasteiger partial charge in [0.15, 0.2) is 0 Å². The number of rotatable bonds is 3. The number of Topliss-reactive ketones (excluding diaryl/α,β-unsaturated/α-hetero) is 1. The first-order valence-electron chi connectivity index (χ1n) is 9.37. The molecule has 0 spiro atoms. The van der Waals surface area contributed by atoms with Gasteiger partial charge in [-0.3, -0.25) is 4.79 Å². The van der Waals surface area contributed by atoms with Crippen molar-refractivity contribution in [1.82, 2.24) is 5.01 Å². The van der Waals surface area contributed by atoms with Crippen LogP contribution in [0.3, 0.4) is 0 Å². The van der Waals surface area contributed by atoms with Crippen LogP contribution in [-0.2, 0) is 0 Å². The molecule has 0 unspecified atom stereocenters. The highest BCUT2D eigenvalue weighted by Gasteiger charge is 2.43. The largest absolute Gasteiger partial charge is 0.461 e. The molecule has 0 aliphatic carbocycles. The van der Waals surface area contributed by atoms with E-state index in [0.717, 1.165) is 16.8 Å². The number of halogens is 3. The first-order chi connectivity index (χ1) is 14.5. The van der Waals surface area contributed by atoms with Crippen LogP contribution < -0.4 is 4.74 Å². The molecule has 0 fully saturated rings. The molecule has 0 N–H and O–H groups in total. The van der Waals surface area contributed by atoms with E-state index in [0.29, 0.717) is 32.8 Å². The molecule has 2 aliphatic heterocycles. The van der Waals surface area contributed by atoms with Crippen LogP contribution in [0.25, 0.3) is 0 Å². The molecular formula is C23H15Cl3N2O2. The highest BCUT2D eigenvalue weighted by Crippen LogP contribution is 2.44. The number of hydrogen-bond donors (Lipinski definition) is 0. The van der Waals surface area contributed by atoms with Crippen LogP contribution in [0.2, 0.25) is 15.1 Å². The number of hydrogen-bond acceptors (Lipinski definition) is 4. The standard InChI is InChI=1S/C23H15Cl3N2O2/c24-15-5-1-13(2-6-15)19-12-20-18-11-17(26)9-10-21(18)30-23(28(20)27-19)22(29)14-3-7-16(25)8-4-14/h1-11,20,23H,12H2/t20-,23+/m1/s1. The van der Waals surface area contributed by atoms with Gasteiger partial charge >= 0.3 is 0 Å². The fraction of sp³-hybridized carbons (Fsp3) is 0.130. The fourth-order valence-corrected chi connectivity index (χ4v) is 4.24. The van der Waals surface area contributed by atoms with Crippen molar-refractivity contribution in [2.45, 2.75) is 18.7 Å². The number of ketones is 1. The van der Waals surface area contributed by atoms with Gasteiger partial charge in [0.1, 0.15) is 5.75 Å². The highest BCUT2D eigenvalue weighted by molar-refractivity contribution is 6.31. The van der Waals surface area contributed by atoms with Crippen molar-refractivity contribution in [1.29, 1.82) is 0 Å². The summed E-state index contributed by atoms with van der Waals surface area (Å²) in [6.07, 6.45) is -0.252. The zero-order valence-corrected chi connectivity index (χ0v) is 17.8. The molecule has 4 nitrogen and oxygen atoms in total. The summed E-state index contributed by atoms with van der Waals surface area (Å²) in [6.45, 7) is 0. The summed E-state index contributed by atoms with van der Waals surface area (Å²) in [5.74, 6) is 0.457. The van der Waals surface area contributed by atoms with Crippen LogP contribution in [-0.4, -0.2) is 22.7 Å². The smallest absolute Gasteiger partial charge is 0.251 e. The molecule has 2 aliphatic rings. The molecule has 0 aromatic heterocycles. The third-order valence-corrected chi connectivity index (χ3v) is 6.02. The second kappa shape index (κ2) is 7.62. The van der Waals surface area contributed by atoms with Crippen molar-refractivity contribution in [3.8, 4) is 5.75 Å². The molecule has 5 rings (SSSR count). The van der Waals surface area contributed by atoms with Crippen molar-refractivity contribution < 1.29 is 9.53 Å². The average Bonchev–Trinajstić information content (AvgIpc) is 3.19. The second-order valence-electron chi connectivity index (χ2n) is 7.18. The van der Waals surface area contributed by atoms with Gasteiger partial charge in [0.25, 0.3) is 6.23 Å². The predicted molar refractivity (Wildman–Crippen MR) is 119 cm³/mol. The Morgan fingerprint density at radius 1 is 0.900 bits per heavy atom. The van der Waals surface area contributed by atoms with Crippen molar-refractivity contribution in [3.63, 3.8) is 0 Å². The van der Waals surface area contributed by atoms with Crippen LogP contribution in [0, 0.1) is 0 Å². The van der Waals surface area contributed by atoms with Crippen LogP contribution in [0.5, 0.6) is 5.75 Å². The van der Waals surface area contributed by atoms with Gasteiger partial charge in [-0.25, -0.2) is 5.01 Å². The lowest BCUT2D eigenvalue weighted by atomic mass is 9.96. The number of fused-ring (bicyclic) bond motifs is 3. The van der Waals surface area contributed by atoms with Gasteiger partial charge < -0.3 is 4.74 Å². The van der Waals surface area contributed by atoms with E-state index in [-0.39, 0.29) is 11.8 Å². The summed E-state index contributed by atoms with van der Waals surface area (Å²) in [4.78, 5) is 13.3. The molecule has 3 aromatic rings. The molecular weight excluding hydrogens is 443 g/mol. The molecule has 0 radical (unpaired) electrons. The summed E-state index contributed by atoms with van der Waals surface area (Å²) in [6, 6.07) is 19.6. The van der Waals surface area contributed by atoms with Crippen molar-refractivity contribution in [3.05, 3.63) is 98.5 Å². The quantitative estimate of drug-likeness (QED) is 0.427. The molecule has 0 bridgehead atoms. The summed E-state index contributed by atoms with van der Waals surface area (Å²) in [5, 5.41) is 8.35. The predicted octanol–water partition coefficient (Wildman–Crippen LogP) is 6.40. The third-order valence-electron chi connectivity index (χ3n) is 5.28. The Bertz CT molecular complexity index is 1160. The Morgan fingerprint density at radius 3 is 2.23 bits per heavy atom. The summed E-state index contributed by atoms with van der Waals surface area (Å²) in [7, 11) is 0. The maximum atomic E-state index is 13.3. The van der Waals surface area contributed by atoms with Gasteiger partial charge in [0.05, 0.1) is 11.8 Å². The monoisotopic (exact) mass is 456 g/mol. The lowest BCUT2D eigenvalue weighted by Crippen LogP contribution is -2.45. The van der Waals surface area contributed by atoms with Crippen molar-refractivity contribution in [2.75, 3.05) is 0 Å². The van der Waals surface area contributed by atoms with E-state index in [9.17, 15) is 4.79 Å². The van der Waals surface area contributed by atoms with Crippen molar-refractivity contribution in [2.24, 2.45) is 5.10 Å². The molecule has 0 amide bonds. The topological polar surface area (TPSA) is 41.9 Å². The summed E-state index contributed by atoms with van der Waals surface area (Å²) >= 11 is 18.2. The van der Waals surface area contributed by atoms with E-state index in [2.05, 4.69) is 0 Å². The number of nitrogens with zero attached hydrogens (tertiary/aromatic N) is 2. The number of ether oxygens (including phenoxy) is 1. The van der Waals surface area contributed by atoms with E-state index >= 15 is 0 Å². The van der Waals surface area contributed by atoms with Gasteiger partial charge in [-0.15, -0.1) is 0 Å². The van der Waals surface area contributed by atoms with Crippen LogP contribution >= 0.6 is 34.8 Å². The first-order valence-corrected chi connectivity index (χ1v) is 10.5. The molecule has 2 heterocycles. The van der Waals surface area contributed by atoms with Crippen LogP contribution in [0.4, 0.5) is 0 Å². The van der Waals surface area contributed by atoms with Gasteiger partial charge in [0, 0.05) is 32.6 Å². The second-order valence-corrected chi connectivity index (χ2v) is 8.49. The maximum absolute atomic E-state index is 13.3. The molecule has 0 saturated heterocycles. The molecule has 30 heavy (non-hydrogen) atoms. The van der Waals surface area contributed by atoms with Crippen LogP contribution in [0.1, 0.15) is 33.9 Å². The lowest BCUT2D eigenvalue weighted by Gasteiger charge is -2.37.